The van der Waals surface area contributed by atoms with Crippen LogP contribution in [0.5, 0.6) is 0 Å². The molecule has 0 bridgehead atoms. The number of nitrogens with zero attached hydrogens (tertiary/aromatic N) is 1. The molecule has 0 aliphatic rings. The van der Waals surface area contributed by atoms with Crippen LogP contribution < -0.4 is 0 Å². The Hall–Kier alpha value is -4.37. The number of phosphoric ester groups is 1. The molecular formula is C64H103NO8P+. The molecule has 416 valence electrons. The SMILES string of the molecule is CC/C=C\C/C=C\C/C=C\C/C=C\C/C=C\C/C=C\C/C=C\C/C=C\CCCCCCCCCCC(=O)OC(COC(=O)CCC/C=C\C/C=C\C/C=C\C/C=C\C/C=C\CC)COP(=O)(O)OCC[N+](C)(C)C. The summed E-state index contributed by atoms with van der Waals surface area (Å²) >= 11 is 0. The highest BCUT2D eigenvalue weighted by molar-refractivity contribution is 7.47. The minimum Gasteiger partial charge on any atom is -0.462 e. The monoisotopic (exact) mass is 1040 g/mol. The minimum absolute atomic E-state index is 0.0116. The van der Waals surface area contributed by atoms with Crippen molar-refractivity contribution in [2.45, 2.75) is 187 Å². The zero-order valence-electron chi connectivity index (χ0n) is 47.0. The number of unbranched alkanes of at least 4 members (excludes halogenated alkanes) is 9. The van der Waals surface area contributed by atoms with Crippen LogP contribution in [0, 0.1) is 0 Å². The van der Waals surface area contributed by atoms with Crippen LogP contribution in [0.1, 0.15) is 181 Å². The van der Waals surface area contributed by atoms with Gasteiger partial charge in [0.25, 0.3) is 0 Å². The van der Waals surface area contributed by atoms with Crippen molar-refractivity contribution in [3.05, 3.63) is 158 Å². The zero-order valence-corrected chi connectivity index (χ0v) is 47.9. The topological polar surface area (TPSA) is 108 Å². The van der Waals surface area contributed by atoms with Crippen molar-refractivity contribution in [1.82, 2.24) is 0 Å². The lowest BCUT2D eigenvalue weighted by Gasteiger charge is -2.24. The van der Waals surface area contributed by atoms with Crippen LogP contribution in [0.3, 0.4) is 0 Å². The van der Waals surface area contributed by atoms with Gasteiger partial charge in [-0.15, -0.1) is 0 Å². The van der Waals surface area contributed by atoms with Gasteiger partial charge in [-0.05, 0) is 116 Å². The van der Waals surface area contributed by atoms with Crippen LogP contribution in [0.25, 0.3) is 0 Å². The second kappa shape index (κ2) is 53.5. The quantitative estimate of drug-likeness (QED) is 0.0211. The van der Waals surface area contributed by atoms with E-state index in [9.17, 15) is 19.0 Å². The molecule has 74 heavy (non-hydrogen) atoms. The third-order valence-electron chi connectivity index (χ3n) is 11.1. The van der Waals surface area contributed by atoms with Crippen molar-refractivity contribution in [3.8, 4) is 0 Å². The summed E-state index contributed by atoms with van der Waals surface area (Å²) in [6.45, 7) is 4.09. The van der Waals surface area contributed by atoms with Gasteiger partial charge < -0.3 is 18.9 Å². The van der Waals surface area contributed by atoms with Crippen molar-refractivity contribution in [1.29, 1.82) is 0 Å². The predicted molar refractivity (Wildman–Crippen MR) is 316 cm³/mol. The highest BCUT2D eigenvalue weighted by Crippen LogP contribution is 2.43. The Labute approximate surface area is 452 Å². The van der Waals surface area contributed by atoms with E-state index in [1.165, 1.54) is 25.7 Å². The highest BCUT2D eigenvalue weighted by atomic mass is 31.2. The third-order valence-corrected chi connectivity index (χ3v) is 12.0. The Bertz CT molecular complexity index is 1800. The van der Waals surface area contributed by atoms with Crippen LogP contribution in [0.4, 0.5) is 0 Å². The van der Waals surface area contributed by atoms with Gasteiger partial charge in [0.1, 0.15) is 19.8 Å². The van der Waals surface area contributed by atoms with E-state index in [1.807, 2.05) is 21.1 Å². The maximum Gasteiger partial charge on any atom is 0.472 e. The minimum atomic E-state index is -4.41. The molecule has 0 amide bonds. The van der Waals surface area contributed by atoms with Crippen LogP contribution in [-0.2, 0) is 32.7 Å². The van der Waals surface area contributed by atoms with Gasteiger partial charge in [-0.3, -0.25) is 18.6 Å². The fourth-order valence-electron chi connectivity index (χ4n) is 6.77. The zero-order chi connectivity index (χ0) is 54.2. The van der Waals surface area contributed by atoms with Gasteiger partial charge in [-0.25, -0.2) is 4.57 Å². The molecule has 0 saturated carbocycles. The average Bonchev–Trinajstić information content (AvgIpc) is 3.36. The van der Waals surface area contributed by atoms with Gasteiger partial charge in [-0.2, -0.15) is 0 Å². The lowest BCUT2D eigenvalue weighted by Crippen LogP contribution is -2.37. The molecule has 9 nitrogen and oxygen atoms in total. The molecule has 2 unspecified atom stereocenters. The first kappa shape index (κ1) is 69.6. The van der Waals surface area contributed by atoms with Gasteiger partial charge in [0.2, 0.25) is 0 Å². The van der Waals surface area contributed by atoms with Crippen molar-refractivity contribution < 1.29 is 42.1 Å². The third kappa shape index (κ3) is 56.9. The standard InChI is InChI=1S/C64H102NO8P/c1-6-8-10-12-14-16-18-20-22-24-25-26-27-28-29-30-31-32-33-34-35-36-37-38-39-41-43-45-47-49-51-53-55-57-64(67)73-62(61-72-74(68,69)71-59-58-65(3,4)5)60-70-63(66)56-54-52-50-48-46-44-42-40-23-21-19-17-15-13-11-9-7-2/h8-11,14-17,20-23,25-26,28-29,31-32,34-35,37-38,42,44,48,50,62H,6-7,12-13,18-19,24,27,30,33,36,39-41,43,45-47,49,51-61H2,1-5H3/p+1/b10-8-,11-9-,16-14-,17-15-,22-20-,23-21-,26-25-,29-28-,32-31-,35-34-,38-37-,44-42-,50-48-. The molecule has 0 aromatic rings. The summed E-state index contributed by atoms with van der Waals surface area (Å²) in [5.41, 5.74) is 0. The van der Waals surface area contributed by atoms with Crippen molar-refractivity contribution in [2.24, 2.45) is 0 Å². The van der Waals surface area contributed by atoms with Gasteiger partial charge in [0.05, 0.1) is 27.7 Å². The summed E-state index contributed by atoms with van der Waals surface area (Å²) in [4.78, 5) is 35.6. The number of quaternary nitrogens is 1. The maximum absolute atomic E-state index is 12.8. The number of esters is 2. The molecule has 0 heterocycles. The fourth-order valence-corrected chi connectivity index (χ4v) is 7.51. The lowest BCUT2D eigenvalue weighted by atomic mass is 10.1. The van der Waals surface area contributed by atoms with Crippen molar-refractivity contribution in [3.63, 3.8) is 0 Å². The number of hydrogen-bond acceptors (Lipinski definition) is 7. The van der Waals surface area contributed by atoms with E-state index in [2.05, 4.69) is 172 Å². The Morgan fingerprint density at radius 3 is 1.12 bits per heavy atom. The summed E-state index contributed by atoms with van der Waals surface area (Å²) < 4.78 is 34.4. The van der Waals surface area contributed by atoms with Crippen molar-refractivity contribution in [2.75, 3.05) is 47.5 Å². The first-order chi connectivity index (χ1) is 36.0. The number of rotatable bonds is 49. The predicted octanol–water partition coefficient (Wildman–Crippen LogP) is 17.7. The van der Waals surface area contributed by atoms with Crippen LogP contribution in [-0.4, -0.2) is 74.9 Å². The van der Waals surface area contributed by atoms with Crippen molar-refractivity contribution >= 4 is 19.8 Å². The number of phosphoric acid groups is 1. The number of allylic oxidation sites excluding steroid dienone is 26. The number of carbonyl (C=O) groups excluding carboxylic acids is 2. The maximum atomic E-state index is 12.8. The molecule has 0 aliphatic heterocycles. The van der Waals surface area contributed by atoms with E-state index in [0.717, 1.165) is 116 Å². The first-order valence-corrected chi connectivity index (χ1v) is 29.7. The second-order valence-electron chi connectivity index (χ2n) is 19.2. The fraction of sp³-hybridized carbons (Fsp3) is 0.562. The summed E-state index contributed by atoms with van der Waals surface area (Å²) in [6, 6.07) is 0. The molecule has 0 fully saturated rings. The molecule has 0 spiro atoms. The van der Waals surface area contributed by atoms with Gasteiger partial charge in [0, 0.05) is 12.8 Å². The Morgan fingerprint density at radius 1 is 0.419 bits per heavy atom. The molecule has 0 aromatic heterocycles. The van der Waals surface area contributed by atoms with E-state index in [4.69, 9.17) is 18.5 Å². The Balaban J connectivity index is 4.28. The molecule has 0 aliphatic carbocycles. The average molecular weight is 1050 g/mol. The van der Waals surface area contributed by atoms with Gasteiger partial charge >= 0.3 is 19.8 Å². The van der Waals surface area contributed by atoms with E-state index in [-0.39, 0.29) is 26.1 Å². The van der Waals surface area contributed by atoms with Crippen LogP contribution >= 0.6 is 7.82 Å². The summed E-state index contributed by atoms with van der Waals surface area (Å²) in [7, 11) is 1.41. The molecule has 0 aromatic carbocycles. The van der Waals surface area contributed by atoms with E-state index in [0.29, 0.717) is 23.9 Å². The first-order valence-electron chi connectivity index (χ1n) is 28.2. The largest absolute Gasteiger partial charge is 0.472 e. The van der Waals surface area contributed by atoms with E-state index >= 15 is 0 Å². The molecule has 0 rings (SSSR count). The summed E-state index contributed by atoms with van der Waals surface area (Å²) in [5, 5.41) is 0. The Morgan fingerprint density at radius 2 is 0.743 bits per heavy atom. The molecule has 2 atom stereocenters. The number of likely N-dealkylation sites (N-methyl/N-ethyl adjacent to an activating group) is 1. The molecule has 10 heteroatoms. The summed E-state index contributed by atoms with van der Waals surface area (Å²) in [6.07, 6.45) is 80.3. The highest BCUT2D eigenvalue weighted by Gasteiger charge is 2.27. The Kier molecular flexibility index (Phi) is 50.3. The molecule has 0 saturated heterocycles. The van der Waals surface area contributed by atoms with E-state index < -0.39 is 32.5 Å². The second-order valence-corrected chi connectivity index (χ2v) is 20.7. The number of carbonyl (C=O) groups is 2. The summed E-state index contributed by atoms with van der Waals surface area (Å²) in [5.74, 6) is -0.891. The molecular weight excluding hydrogens is 942 g/mol. The van der Waals surface area contributed by atoms with Crippen LogP contribution in [0.15, 0.2) is 158 Å². The molecule has 0 radical (unpaired) electrons. The van der Waals surface area contributed by atoms with E-state index in [1.54, 1.807) is 0 Å². The lowest BCUT2D eigenvalue weighted by molar-refractivity contribution is -0.870. The van der Waals surface area contributed by atoms with Gasteiger partial charge in [-0.1, -0.05) is 210 Å². The molecule has 1 N–H and O–H groups in total. The number of ether oxygens (including phenoxy) is 2. The van der Waals surface area contributed by atoms with Gasteiger partial charge in [0.15, 0.2) is 6.10 Å². The normalized spacial score (nSPS) is 14.5. The smallest absolute Gasteiger partial charge is 0.462 e. The number of hydrogen-bond donors (Lipinski definition) is 1. The van der Waals surface area contributed by atoms with Crippen LogP contribution in [0.2, 0.25) is 0 Å².